The molecule has 0 saturated carbocycles. The van der Waals surface area contributed by atoms with Gasteiger partial charge in [0.25, 0.3) is 0 Å². The van der Waals surface area contributed by atoms with Gasteiger partial charge < -0.3 is 0 Å². The van der Waals surface area contributed by atoms with Crippen molar-refractivity contribution in [2.24, 2.45) is 0 Å². The smallest absolute Gasteiger partial charge is 0.253 e. The second-order valence-electron chi connectivity index (χ2n) is 3.79. The Hall–Kier alpha value is -1.97. The van der Waals surface area contributed by atoms with Crippen LogP contribution in [0.1, 0.15) is 0 Å². The molecule has 0 radical (unpaired) electrons. The maximum Gasteiger partial charge on any atom is 0.705 e. The molecule has 0 aliphatic carbocycles. The predicted octanol–water partition coefficient (Wildman–Crippen LogP) is 3.65. The highest BCUT2D eigenvalue weighted by atomic mass is 32.1. The zero-order chi connectivity index (χ0) is 13.2. The lowest BCUT2D eigenvalue weighted by Crippen LogP contribution is -2.07. The molecule has 0 saturated heterocycles. The number of rotatable bonds is 3. The molecule has 0 bridgehead atoms. The molecule has 19 heavy (non-hydrogen) atoms. The van der Waals surface area contributed by atoms with Crippen LogP contribution in [0.25, 0.3) is 10.2 Å². The topological polar surface area (TPSA) is 48.3 Å². The number of aromatic nitrogens is 1. The molecule has 1 atom stereocenters. The van der Waals surface area contributed by atoms with Gasteiger partial charge in [0, 0.05) is 4.57 Å². The normalized spacial score (nSPS) is 11.5. The first kappa shape index (κ1) is 12.1. The van der Waals surface area contributed by atoms with Gasteiger partial charge >= 0.3 is 13.1 Å². The van der Waals surface area contributed by atoms with Crippen LogP contribution in [0.5, 0.6) is 5.75 Å². The first-order valence-electron chi connectivity index (χ1n) is 5.57. The predicted molar refractivity (Wildman–Crippen MR) is 76.2 cm³/mol. The highest BCUT2D eigenvalue weighted by molar-refractivity contribution is 7.39. The molecule has 3 aromatic rings. The van der Waals surface area contributed by atoms with Crippen LogP contribution in [-0.4, -0.2) is 4.34 Å². The highest BCUT2D eigenvalue weighted by Gasteiger charge is 2.29. The molecule has 0 spiro atoms. The molecule has 1 unspecified atom stereocenters. The number of thiazole rings is 1. The van der Waals surface area contributed by atoms with E-state index in [-0.39, 0.29) is 4.87 Å². The van der Waals surface area contributed by atoms with Gasteiger partial charge in [-0.25, -0.2) is 4.52 Å². The van der Waals surface area contributed by atoms with Crippen LogP contribution in [-0.2, 0) is 4.57 Å². The quantitative estimate of drug-likeness (QED) is 0.692. The Kier molecular flexibility index (Phi) is 3.15. The number of fused-ring (bicyclic) bond motifs is 1. The number of para-hydroxylation sites is 2. The molecule has 0 N–H and O–H groups in total. The van der Waals surface area contributed by atoms with Crippen LogP contribution in [0.15, 0.2) is 59.4 Å². The van der Waals surface area contributed by atoms with E-state index in [2.05, 4.69) is 0 Å². The van der Waals surface area contributed by atoms with Gasteiger partial charge in [-0.2, -0.15) is 0 Å². The summed E-state index contributed by atoms with van der Waals surface area (Å²) in [6, 6.07) is 16.0. The molecule has 94 valence electrons. The van der Waals surface area contributed by atoms with Crippen molar-refractivity contribution in [2.75, 3.05) is 0 Å². The van der Waals surface area contributed by atoms with Crippen LogP contribution in [0.3, 0.4) is 0 Å². The average molecular weight is 290 g/mol. The summed E-state index contributed by atoms with van der Waals surface area (Å²) in [4.78, 5) is 11.6. The van der Waals surface area contributed by atoms with Gasteiger partial charge in [0.1, 0.15) is 5.52 Å². The molecule has 0 aliphatic heterocycles. The van der Waals surface area contributed by atoms with E-state index in [1.807, 2.05) is 18.2 Å². The van der Waals surface area contributed by atoms with Gasteiger partial charge in [-0.05, 0) is 28.6 Å². The van der Waals surface area contributed by atoms with Crippen LogP contribution in [0.2, 0.25) is 0 Å². The molecule has 6 heteroatoms. The lowest BCUT2D eigenvalue weighted by molar-refractivity contribution is 0.497. The van der Waals surface area contributed by atoms with Crippen molar-refractivity contribution in [3.63, 3.8) is 0 Å². The molecule has 4 nitrogen and oxygen atoms in total. The van der Waals surface area contributed by atoms with Gasteiger partial charge in [0.2, 0.25) is 0 Å². The zero-order valence-corrected chi connectivity index (χ0v) is 11.4. The first-order chi connectivity index (χ1) is 9.25. The maximum absolute atomic E-state index is 12.2. The number of benzene rings is 2. The minimum atomic E-state index is -2.27. The molecule has 1 aromatic heterocycles. The first-order valence-corrected chi connectivity index (χ1v) is 7.51. The third-order valence-corrected chi connectivity index (χ3v) is 4.70. The fraction of sp³-hybridized carbons (Fsp3) is 0. The molecule has 0 amide bonds. The van der Waals surface area contributed by atoms with Crippen LogP contribution < -0.4 is 9.40 Å². The second kappa shape index (κ2) is 4.96. The third-order valence-electron chi connectivity index (χ3n) is 2.55. The summed E-state index contributed by atoms with van der Waals surface area (Å²) in [7, 11) is -2.27. The van der Waals surface area contributed by atoms with Gasteiger partial charge in [-0.1, -0.05) is 41.7 Å². The van der Waals surface area contributed by atoms with Crippen molar-refractivity contribution in [3.8, 4) is 5.75 Å². The summed E-state index contributed by atoms with van der Waals surface area (Å²) >= 11 is 1.06. The standard InChI is InChI=1S/C13H9NO3PS/c15-13-14(11-8-4-5-9-12(11)19-13)18(16)17-10-6-2-1-3-7-10/h1-9H/q+1. The van der Waals surface area contributed by atoms with Crippen molar-refractivity contribution >= 4 is 29.7 Å². The lowest BCUT2D eigenvalue weighted by atomic mass is 10.3. The molecule has 3 rings (SSSR count). The van der Waals surface area contributed by atoms with Crippen LogP contribution in [0, 0.1) is 0 Å². The van der Waals surface area contributed by atoms with Gasteiger partial charge in [-0.3, -0.25) is 4.79 Å². The summed E-state index contributed by atoms with van der Waals surface area (Å²) in [6.45, 7) is 0. The average Bonchev–Trinajstić information content (AvgIpc) is 2.75. The van der Waals surface area contributed by atoms with E-state index >= 15 is 0 Å². The minimum absolute atomic E-state index is 0.279. The Morgan fingerprint density at radius 3 is 2.47 bits per heavy atom. The largest absolute Gasteiger partial charge is 0.705 e. The molecule has 0 aliphatic rings. The van der Waals surface area contributed by atoms with Gasteiger partial charge in [0.05, 0.1) is 4.70 Å². The number of hydrogen-bond acceptors (Lipinski definition) is 4. The Morgan fingerprint density at radius 1 is 1.00 bits per heavy atom. The van der Waals surface area contributed by atoms with Crippen molar-refractivity contribution in [1.82, 2.24) is 4.34 Å². The van der Waals surface area contributed by atoms with E-state index in [1.54, 1.807) is 36.4 Å². The van der Waals surface area contributed by atoms with Crippen molar-refractivity contribution in [2.45, 2.75) is 0 Å². The minimum Gasteiger partial charge on any atom is -0.253 e. The monoisotopic (exact) mass is 290 g/mol. The van der Waals surface area contributed by atoms with Crippen molar-refractivity contribution < 1.29 is 9.09 Å². The van der Waals surface area contributed by atoms with E-state index in [1.165, 1.54) is 4.34 Å². The van der Waals surface area contributed by atoms with E-state index in [0.717, 1.165) is 16.0 Å². The Morgan fingerprint density at radius 2 is 1.68 bits per heavy atom. The maximum atomic E-state index is 12.2. The Bertz CT molecular complexity index is 794. The Balaban J connectivity index is 2.03. The van der Waals surface area contributed by atoms with Crippen molar-refractivity contribution in [3.05, 3.63) is 64.3 Å². The van der Waals surface area contributed by atoms with E-state index in [9.17, 15) is 9.36 Å². The second-order valence-corrected chi connectivity index (χ2v) is 5.84. The number of nitrogens with zero attached hydrogens (tertiary/aromatic N) is 1. The summed E-state index contributed by atoms with van der Waals surface area (Å²) in [5.41, 5.74) is 0.634. The van der Waals surface area contributed by atoms with Gasteiger partial charge in [-0.15, -0.1) is 0 Å². The van der Waals surface area contributed by atoms with Crippen LogP contribution >= 0.6 is 19.5 Å². The summed E-state index contributed by atoms with van der Waals surface area (Å²) in [5.74, 6) is 0.478. The Labute approximate surface area is 113 Å². The summed E-state index contributed by atoms with van der Waals surface area (Å²) in [6.07, 6.45) is 0. The molecule has 1 heterocycles. The van der Waals surface area contributed by atoms with E-state index < -0.39 is 8.18 Å². The SMILES string of the molecule is O=c1sc2ccccc2n1[P+](=O)Oc1ccccc1. The highest BCUT2D eigenvalue weighted by Crippen LogP contribution is 2.31. The van der Waals surface area contributed by atoms with Gasteiger partial charge in [0.15, 0.2) is 5.75 Å². The third kappa shape index (κ3) is 2.30. The summed E-state index contributed by atoms with van der Waals surface area (Å²) in [5, 5.41) is 0. The van der Waals surface area contributed by atoms with E-state index in [0.29, 0.717) is 11.3 Å². The number of hydrogen-bond donors (Lipinski definition) is 0. The fourth-order valence-corrected chi connectivity index (χ4v) is 3.76. The lowest BCUT2D eigenvalue weighted by Gasteiger charge is -1.92. The molecule has 2 aromatic carbocycles. The zero-order valence-electron chi connectivity index (χ0n) is 9.72. The molecule has 0 fully saturated rings. The summed E-state index contributed by atoms with van der Waals surface area (Å²) < 4.78 is 19.5. The molecular formula is C13H9NO3PS+. The van der Waals surface area contributed by atoms with Crippen LogP contribution in [0.4, 0.5) is 0 Å². The van der Waals surface area contributed by atoms with Crippen molar-refractivity contribution in [1.29, 1.82) is 0 Å². The van der Waals surface area contributed by atoms with E-state index in [4.69, 9.17) is 4.52 Å². The fourth-order valence-electron chi connectivity index (χ4n) is 1.72. The molecular weight excluding hydrogens is 281 g/mol.